The molecule has 13 heavy (non-hydrogen) atoms. The van der Waals surface area contributed by atoms with Crippen molar-refractivity contribution in [2.45, 2.75) is 13.8 Å². The molecule has 1 rings (SSSR count). The molecule has 0 amide bonds. The number of rotatable bonds is 3. The van der Waals surface area contributed by atoms with Gasteiger partial charge in [-0.2, -0.15) is 0 Å². The molecular weight excluding hydrogens is 167 g/mol. The third-order valence-corrected chi connectivity index (χ3v) is 1.66. The Morgan fingerprint density at radius 3 is 2.92 bits per heavy atom. The van der Waals surface area contributed by atoms with Gasteiger partial charge in [-0.1, -0.05) is 18.2 Å². The molecule has 70 valence electrons. The molecule has 0 aliphatic rings. The summed E-state index contributed by atoms with van der Waals surface area (Å²) in [5, 5.41) is 0. The summed E-state index contributed by atoms with van der Waals surface area (Å²) in [4.78, 5) is 0. The fourth-order valence-electron chi connectivity index (χ4n) is 0.955. The van der Waals surface area contributed by atoms with Crippen molar-refractivity contribution in [3.8, 4) is 5.75 Å². The van der Waals surface area contributed by atoms with Gasteiger partial charge in [0, 0.05) is 0 Å². The molecule has 2 heteroatoms. The Hall–Kier alpha value is -1.31. The van der Waals surface area contributed by atoms with E-state index in [1.54, 1.807) is 12.1 Å². The minimum atomic E-state index is -0.310. The summed E-state index contributed by atoms with van der Waals surface area (Å²) in [5.74, 6) is 0.00760. The van der Waals surface area contributed by atoms with Crippen LogP contribution in [-0.2, 0) is 0 Å². The van der Waals surface area contributed by atoms with Gasteiger partial charge < -0.3 is 4.74 Å². The van der Waals surface area contributed by atoms with E-state index in [1.807, 2.05) is 26.0 Å². The number of hydrogen-bond acceptors (Lipinski definition) is 1. The summed E-state index contributed by atoms with van der Waals surface area (Å²) in [6, 6.07) is 4.83. The second-order valence-corrected chi connectivity index (χ2v) is 2.81. The predicted molar refractivity (Wildman–Crippen MR) is 51.4 cm³/mol. The minimum Gasteiger partial charge on any atom is -0.486 e. The molecule has 0 atom stereocenters. The zero-order valence-electron chi connectivity index (χ0n) is 7.88. The van der Waals surface area contributed by atoms with Gasteiger partial charge in [0.15, 0.2) is 11.6 Å². The van der Waals surface area contributed by atoms with Gasteiger partial charge in [-0.25, -0.2) is 4.39 Å². The minimum absolute atomic E-state index is 0.310. The molecule has 1 aromatic carbocycles. The largest absolute Gasteiger partial charge is 0.486 e. The van der Waals surface area contributed by atoms with E-state index in [2.05, 4.69) is 0 Å². The molecule has 0 N–H and O–H groups in total. The highest BCUT2D eigenvalue weighted by molar-refractivity contribution is 5.29. The predicted octanol–water partition coefficient (Wildman–Crippen LogP) is 3.09. The second kappa shape index (κ2) is 4.65. The van der Waals surface area contributed by atoms with E-state index in [4.69, 9.17) is 4.74 Å². The molecule has 1 aromatic rings. The summed E-state index contributed by atoms with van der Waals surface area (Å²) in [6.07, 6.45) is 3.70. The maximum Gasteiger partial charge on any atom is 0.165 e. The smallest absolute Gasteiger partial charge is 0.165 e. The number of allylic oxidation sites excluding steroid dienone is 1. The maximum absolute atomic E-state index is 13.0. The quantitative estimate of drug-likeness (QED) is 0.649. The van der Waals surface area contributed by atoms with E-state index in [0.29, 0.717) is 12.4 Å². The van der Waals surface area contributed by atoms with Gasteiger partial charge in [0.05, 0.1) is 0 Å². The third kappa shape index (κ3) is 2.90. The van der Waals surface area contributed by atoms with Crippen molar-refractivity contribution < 1.29 is 9.13 Å². The van der Waals surface area contributed by atoms with Crippen molar-refractivity contribution in [1.29, 1.82) is 0 Å². The normalized spacial score (nSPS) is 10.7. The van der Waals surface area contributed by atoms with E-state index >= 15 is 0 Å². The fraction of sp³-hybridized carbons (Fsp3) is 0.273. The number of hydrogen-bond donors (Lipinski definition) is 0. The highest BCUT2D eigenvalue weighted by atomic mass is 19.1. The summed E-state index contributed by atoms with van der Waals surface area (Å²) < 4.78 is 18.2. The van der Waals surface area contributed by atoms with Gasteiger partial charge >= 0.3 is 0 Å². The number of benzene rings is 1. The molecular formula is C11H13FO. The van der Waals surface area contributed by atoms with Crippen molar-refractivity contribution in [3.63, 3.8) is 0 Å². The van der Waals surface area contributed by atoms with Crippen LogP contribution in [0.1, 0.15) is 12.5 Å². The zero-order chi connectivity index (χ0) is 9.68. The van der Waals surface area contributed by atoms with Gasteiger partial charge in [-0.05, 0) is 31.5 Å². The zero-order valence-corrected chi connectivity index (χ0v) is 7.88. The molecule has 0 unspecified atom stereocenters. The maximum atomic E-state index is 13.0. The molecule has 0 saturated carbocycles. The Balaban J connectivity index is 2.69. The monoisotopic (exact) mass is 180 g/mol. The molecule has 0 bridgehead atoms. The van der Waals surface area contributed by atoms with E-state index in [0.717, 1.165) is 5.56 Å². The van der Waals surface area contributed by atoms with Crippen molar-refractivity contribution in [1.82, 2.24) is 0 Å². The average Bonchev–Trinajstić information content (AvgIpc) is 2.11. The van der Waals surface area contributed by atoms with Crippen LogP contribution >= 0.6 is 0 Å². The van der Waals surface area contributed by atoms with Crippen LogP contribution in [0.2, 0.25) is 0 Å². The Kier molecular flexibility index (Phi) is 3.50. The number of halogens is 1. The van der Waals surface area contributed by atoms with Crippen LogP contribution < -0.4 is 4.74 Å². The summed E-state index contributed by atoms with van der Waals surface area (Å²) in [7, 11) is 0. The first kappa shape index (κ1) is 9.78. The average molecular weight is 180 g/mol. The first-order valence-corrected chi connectivity index (χ1v) is 4.24. The van der Waals surface area contributed by atoms with E-state index < -0.39 is 0 Å². The highest BCUT2D eigenvalue weighted by Crippen LogP contribution is 2.17. The molecule has 0 aliphatic heterocycles. The van der Waals surface area contributed by atoms with Gasteiger partial charge in [-0.15, -0.1) is 0 Å². The van der Waals surface area contributed by atoms with Gasteiger partial charge in [-0.3, -0.25) is 0 Å². The van der Waals surface area contributed by atoms with Crippen molar-refractivity contribution in [2.75, 3.05) is 6.61 Å². The van der Waals surface area contributed by atoms with Gasteiger partial charge in [0.2, 0.25) is 0 Å². The van der Waals surface area contributed by atoms with Crippen molar-refractivity contribution in [3.05, 3.63) is 41.7 Å². The first-order chi connectivity index (χ1) is 6.24. The van der Waals surface area contributed by atoms with Crippen LogP contribution in [0, 0.1) is 12.7 Å². The molecule has 0 radical (unpaired) electrons. The van der Waals surface area contributed by atoms with Crippen LogP contribution in [0.25, 0.3) is 0 Å². The lowest BCUT2D eigenvalue weighted by Gasteiger charge is -2.04. The number of aryl methyl sites for hydroxylation is 1. The van der Waals surface area contributed by atoms with Crippen molar-refractivity contribution in [2.24, 2.45) is 0 Å². The van der Waals surface area contributed by atoms with Gasteiger partial charge in [0.1, 0.15) is 6.61 Å². The standard InChI is InChI=1S/C11H13FO/c1-3-4-7-13-11-8-9(2)5-6-10(11)12/h3-6,8H,7H2,1-2H3/b4-3+. The molecule has 0 saturated heterocycles. The molecule has 0 heterocycles. The van der Waals surface area contributed by atoms with Crippen molar-refractivity contribution >= 4 is 0 Å². The van der Waals surface area contributed by atoms with Crippen LogP contribution in [0.15, 0.2) is 30.4 Å². The lowest BCUT2D eigenvalue weighted by atomic mass is 10.2. The third-order valence-electron chi connectivity index (χ3n) is 1.66. The van der Waals surface area contributed by atoms with Crippen LogP contribution in [0.4, 0.5) is 4.39 Å². The fourth-order valence-corrected chi connectivity index (χ4v) is 0.955. The second-order valence-electron chi connectivity index (χ2n) is 2.81. The van der Waals surface area contributed by atoms with Gasteiger partial charge in [0.25, 0.3) is 0 Å². The summed E-state index contributed by atoms with van der Waals surface area (Å²) in [5.41, 5.74) is 0.997. The summed E-state index contributed by atoms with van der Waals surface area (Å²) in [6.45, 7) is 4.22. The Bertz CT molecular complexity index is 305. The van der Waals surface area contributed by atoms with E-state index in [9.17, 15) is 4.39 Å². The SMILES string of the molecule is C/C=C/COc1cc(C)ccc1F. The Morgan fingerprint density at radius 1 is 1.46 bits per heavy atom. The van der Waals surface area contributed by atoms with Crippen LogP contribution in [-0.4, -0.2) is 6.61 Å². The summed E-state index contributed by atoms with van der Waals surface area (Å²) >= 11 is 0. The van der Waals surface area contributed by atoms with E-state index in [1.165, 1.54) is 6.07 Å². The molecule has 0 fully saturated rings. The highest BCUT2D eigenvalue weighted by Gasteiger charge is 2.01. The molecule has 1 nitrogen and oxygen atoms in total. The lowest BCUT2D eigenvalue weighted by Crippen LogP contribution is -1.96. The molecule has 0 spiro atoms. The Morgan fingerprint density at radius 2 is 2.23 bits per heavy atom. The topological polar surface area (TPSA) is 9.23 Å². The molecule has 0 aliphatic carbocycles. The van der Waals surface area contributed by atoms with E-state index in [-0.39, 0.29) is 5.82 Å². The Labute approximate surface area is 77.8 Å². The van der Waals surface area contributed by atoms with Crippen LogP contribution in [0.3, 0.4) is 0 Å². The van der Waals surface area contributed by atoms with Crippen LogP contribution in [0.5, 0.6) is 5.75 Å². The number of ether oxygens (including phenoxy) is 1. The first-order valence-electron chi connectivity index (χ1n) is 4.24. The molecule has 0 aromatic heterocycles. The lowest BCUT2D eigenvalue weighted by molar-refractivity contribution is 0.341.